The van der Waals surface area contributed by atoms with E-state index in [2.05, 4.69) is 13.0 Å². The van der Waals surface area contributed by atoms with Gasteiger partial charge in [0.15, 0.2) is 6.29 Å². The van der Waals surface area contributed by atoms with E-state index in [1.165, 1.54) is 69.8 Å². The second-order valence-corrected chi connectivity index (χ2v) is 6.31. The van der Waals surface area contributed by atoms with Crippen LogP contribution in [0.3, 0.4) is 0 Å². The Labute approximate surface area is 122 Å². The highest BCUT2D eigenvalue weighted by Crippen LogP contribution is 2.18. The van der Waals surface area contributed by atoms with E-state index in [0.29, 0.717) is 0 Å². The van der Waals surface area contributed by atoms with E-state index in [0.717, 1.165) is 17.6 Å². The maximum atomic E-state index is 10.8. The van der Waals surface area contributed by atoms with Crippen molar-refractivity contribution < 1.29 is 4.79 Å². The molecule has 0 aromatic carbocycles. The summed E-state index contributed by atoms with van der Waals surface area (Å²) in [6, 6.07) is 2.10. The molecule has 0 fully saturated rings. The largest absolute Gasteiger partial charge is 0.297 e. The first-order chi connectivity index (χ1) is 9.38. The summed E-state index contributed by atoms with van der Waals surface area (Å²) in [4.78, 5) is 11.7. The van der Waals surface area contributed by atoms with E-state index in [1.54, 1.807) is 11.3 Å². The van der Waals surface area contributed by atoms with Gasteiger partial charge in [0.25, 0.3) is 0 Å². The van der Waals surface area contributed by atoms with E-state index < -0.39 is 0 Å². The number of thiophene rings is 1. The molecule has 2 heteroatoms. The van der Waals surface area contributed by atoms with Crippen LogP contribution in [0.25, 0.3) is 0 Å². The lowest BCUT2D eigenvalue weighted by Crippen LogP contribution is -1.88. The number of carbonyl (C=O) groups is 1. The molecule has 1 aromatic heterocycles. The lowest BCUT2D eigenvalue weighted by atomic mass is 10.0. The van der Waals surface area contributed by atoms with Gasteiger partial charge in [-0.2, -0.15) is 0 Å². The fourth-order valence-corrected chi connectivity index (χ4v) is 3.22. The first-order valence-corrected chi connectivity index (χ1v) is 8.78. The van der Waals surface area contributed by atoms with Gasteiger partial charge in [0.05, 0.1) is 4.88 Å². The molecular formula is C17H28OS. The minimum Gasteiger partial charge on any atom is -0.297 e. The molecule has 0 spiro atoms. The summed E-state index contributed by atoms with van der Waals surface area (Å²) in [6.07, 6.45) is 15.8. The fourth-order valence-electron chi connectivity index (χ4n) is 2.46. The van der Waals surface area contributed by atoms with Crippen LogP contribution in [0.2, 0.25) is 0 Å². The Kier molecular flexibility index (Phi) is 9.70. The Morgan fingerprint density at radius 2 is 1.53 bits per heavy atom. The first-order valence-electron chi connectivity index (χ1n) is 7.90. The molecule has 0 saturated heterocycles. The van der Waals surface area contributed by atoms with Gasteiger partial charge in [-0.05, 0) is 29.9 Å². The van der Waals surface area contributed by atoms with Crippen molar-refractivity contribution >= 4 is 17.6 Å². The molecule has 0 amide bonds. The Morgan fingerprint density at radius 1 is 0.947 bits per heavy atom. The monoisotopic (exact) mass is 280 g/mol. The third-order valence-corrected chi connectivity index (χ3v) is 4.57. The molecular weight excluding hydrogens is 252 g/mol. The van der Waals surface area contributed by atoms with Gasteiger partial charge in [-0.1, -0.05) is 64.7 Å². The van der Waals surface area contributed by atoms with Crippen LogP contribution in [-0.4, -0.2) is 6.29 Å². The number of unbranched alkanes of at least 4 members (excludes halogenated alkanes) is 9. The van der Waals surface area contributed by atoms with E-state index >= 15 is 0 Å². The Morgan fingerprint density at radius 3 is 2.11 bits per heavy atom. The van der Waals surface area contributed by atoms with Crippen molar-refractivity contribution in [2.75, 3.05) is 0 Å². The van der Waals surface area contributed by atoms with Crippen LogP contribution >= 0.6 is 11.3 Å². The molecule has 0 N–H and O–H groups in total. The topological polar surface area (TPSA) is 17.1 Å². The van der Waals surface area contributed by atoms with Gasteiger partial charge < -0.3 is 0 Å². The maximum absolute atomic E-state index is 10.8. The molecule has 0 atom stereocenters. The minimum absolute atomic E-state index is 0.927. The summed E-state index contributed by atoms with van der Waals surface area (Å²) in [7, 11) is 0. The molecule has 0 radical (unpaired) electrons. The lowest BCUT2D eigenvalue weighted by molar-refractivity contribution is 0.112. The summed E-state index contributed by atoms with van der Waals surface area (Å²) >= 11 is 1.56. The van der Waals surface area contributed by atoms with Gasteiger partial charge in [-0.25, -0.2) is 0 Å². The minimum atomic E-state index is 0.927. The average molecular weight is 280 g/mol. The average Bonchev–Trinajstić information content (AvgIpc) is 2.88. The zero-order valence-electron chi connectivity index (χ0n) is 12.3. The normalized spacial score (nSPS) is 10.8. The highest BCUT2D eigenvalue weighted by molar-refractivity contribution is 7.11. The van der Waals surface area contributed by atoms with Gasteiger partial charge in [-0.15, -0.1) is 11.3 Å². The SMILES string of the molecule is CCCCCCCCCCCCc1ccsc1C=O. The third kappa shape index (κ3) is 7.51. The predicted molar refractivity (Wildman–Crippen MR) is 85.3 cm³/mol. The van der Waals surface area contributed by atoms with E-state index in [1.807, 2.05) is 5.38 Å². The first kappa shape index (κ1) is 16.4. The van der Waals surface area contributed by atoms with Gasteiger partial charge >= 0.3 is 0 Å². The number of aldehydes is 1. The fraction of sp³-hybridized carbons (Fsp3) is 0.706. The zero-order chi connectivity index (χ0) is 13.8. The third-order valence-electron chi connectivity index (χ3n) is 3.69. The van der Waals surface area contributed by atoms with Crippen molar-refractivity contribution in [3.63, 3.8) is 0 Å². The molecule has 1 rings (SSSR count). The molecule has 1 heterocycles. The standard InChI is InChI=1S/C17H28OS/c1-2-3-4-5-6-7-8-9-10-11-12-16-13-14-19-17(16)15-18/h13-15H,2-12H2,1H3. The lowest BCUT2D eigenvalue weighted by Gasteiger charge is -2.02. The van der Waals surface area contributed by atoms with Crippen LogP contribution in [0.1, 0.15) is 86.4 Å². The Hall–Kier alpha value is -0.630. The van der Waals surface area contributed by atoms with Gasteiger partial charge in [-0.3, -0.25) is 4.79 Å². The van der Waals surface area contributed by atoms with Crippen LogP contribution < -0.4 is 0 Å². The zero-order valence-corrected chi connectivity index (χ0v) is 13.1. The maximum Gasteiger partial charge on any atom is 0.160 e. The molecule has 19 heavy (non-hydrogen) atoms. The highest BCUT2D eigenvalue weighted by atomic mass is 32.1. The summed E-state index contributed by atoms with van der Waals surface area (Å²) in [6.45, 7) is 2.27. The van der Waals surface area contributed by atoms with Gasteiger partial charge in [0, 0.05) is 0 Å². The van der Waals surface area contributed by atoms with E-state index in [-0.39, 0.29) is 0 Å². The second kappa shape index (κ2) is 11.2. The summed E-state index contributed by atoms with van der Waals surface area (Å²) < 4.78 is 0. The second-order valence-electron chi connectivity index (χ2n) is 5.36. The predicted octanol–water partition coefficient (Wildman–Crippen LogP) is 6.02. The number of hydrogen-bond donors (Lipinski definition) is 0. The summed E-state index contributed by atoms with van der Waals surface area (Å²) in [5.41, 5.74) is 1.25. The number of carbonyl (C=O) groups excluding carboxylic acids is 1. The molecule has 0 aliphatic carbocycles. The van der Waals surface area contributed by atoms with Crippen molar-refractivity contribution in [3.8, 4) is 0 Å². The molecule has 0 aliphatic heterocycles. The summed E-state index contributed by atoms with van der Waals surface area (Å²) in [5.74, 6) is 0. The van der Waals surface area contributed by atoms with Crippen molar-refractivity contribution in [3.05, 3.63) is 21.9 Å². The van der Waals surface area contributed by atoms with Crippen LogP contribution in [0.15, 0.2) is 11.4 Å². The Balaban J connectivity index is 1.90. The van der Waals surface area contributed by atoms with Crippen molar-refractivity contribution in [1.82, 2.24) is 0 Å². The molecule has 0 bridgehead atoms. The van der Waals surface area contributed by atoms with Crippen LogP contribution in [-0.2, 0) is 6.42 Å². The van der Waals surface area contributed by atoms with E-state index in [4.69, 9.17) is 0 Å². The Bertz CT molecular complexity index is 330. The van der Waals surface area contributed by atoms with Crippen LogP contribution in [0, 0.1) is 0 Å². The molecule has 0 saturated carbocycles. The number of aryl methyl sites for hydroxylation is 1. The van der Waals surface area contributed by atoms with E-state index in [9.17, 15) is 4.79 Å². The molecule has 0 aliphatic rings. The van der Waals surface area contributed by atoms with Crippen molar-refractivity contribution in [1.29, 1.82) is 0 Å². The smallest absolute Gasteiger partial charge is 0.160 e. The number of hydrogen-bond acceptors (Lipinski definition) is 2. The molecule has 1 aromatic rings. The van der Waals surface area contributed by atoms with Crippen LogP contribution in [0.4, 0.5) is 0 Å². The van der Waals surface area contributed by atoms with Crippen LogP contribution in [0.5, 0.6) is 0 Å². The van der Waals surface area contributed by atoms with Crippen molar-refractivity contribution in [2.24, 2.45) is 0 Å². The highest BCUT2D eigenvalue weighted by Gasteiger charge is 2.02. The molecule has 108 valence electrons. The van der Waals surface area contributed by atoms with Gasteiger partial charge in [0.1, 0.15) is 0 Å². The quantitative estimate of drug-likeness (QED) is 0.338. The summed E-state index contributed by atoms with van der Waals surface area (Å²) in [5, 5.41) is 2.02. The van der Waals surface area contributed by atoms with Crippen molar-refractivity contribution in [2.45, 2.75) is 77.6 Å². The molecule has 1 nitrogen and oxygen atoms in total. The molecule has 0 unspecified atom stereocenters. The number of rotatable bonds is 12. The van der Waals surface area contributed by atoms with Gasteiger partial charge in [0.2, 0.25) is 0 Å².